The molecular weight excluding hydrogens is 845 g/mol. The summed E-state index contributed by atoms with van der Waals surface area (Å²) in [5, 5.41) is 72.5. The number of hydrogen-bond acceptors (Lipinski definition) is 16. The molecule has 344 valence electrons. The maximum atomic E-state index is 14.2. The van der Waals surface area contributed by atoms with Crippen molar-refractivity contribution in [2.45, 2.75) is 88.4 Å². The van der Waals surface area contributed by atoms with Crippen LogP contribution < -0.4 is 25.1 Å². The molecule has 0 radical (unpaired) electrons. The van der Waals surface area contributed by atoms with Crippen LogP contribution in [0.5, 0.6) is 17.2 Å². The van der Waals surface area contributed by atoms with Gasteiger partial charge in [-0.1, -0.05) is 54.1 Å². The van der Waals surface area contributed by atoms with Crippen molar-refractivity contribution in [3.63, 3.8) is 0 Å². The quantitative estimate of drug-likeness (QED) is 0.0913. The lowest BCUT2D eigenvalue weighted by atomic mass is 9.96. The fourth-order valence-corrected chi connectivity index (χ4v) is 7.53. The molecule has 2 aliphatic heterocycles. The molecule has 4 heterocycles. The molecule has 0 bridgehead atoms. The Kier molecular flexibility index (Phi) is 14.8. The van der Waals surface area contributed by atoms with Crippen LogP contribution in [0, 0.1) is 0 Å². The molecule has 16 heteroatoms. The van der Waals surface area contributed by atoms with E-state index in [0.29, 0.717) is 33.6 Å². The normalized spacial score (nSPS) is 25.3. The molecule has 65 heavy (non-hydrogen) atoms. The second-order valence-corrected chi connectivity index (χ2v) is 16.0. The molecule has 16 nitrogen and oxygen atoms in total. The number of ether oxygens (including phenoxy) is 5. The second-order valence-electron chi connectivity index (χ2n) is 16.0. The second kappa shape index (κ2) is 20.5. The van der Waals surface area contributed by atoms with Crippen molar-refractivity contribution in [1.29, 1.82) is 0 Å². The van der Waals surface area contributed by atoms with Crippen molar-refractivity contribution in [3.8, 4) is 39.9 Å². The van der Waals surface area contributed by atoms with E-state index in [0.717, 1.165) is 11.1 Å². The van der Waals surface area contributed by atoms with E-state index in [-0.39, 0.29) is 46.7 Å². The number of allylic oxidation sites excluding steroid dienone is 2. The first-order chi connectivity index (χ1) is 31.2. The number of aliphatic hydroxyl groups is 7. The lowest BCUT2D eigenvalue weighted by molar-refractivity contribution is -0.277. The Balaban J connectivity index is 0.000000307. The van der Waals surface area contributed by atoms with E-state index in [1.54, 1.807) is 30.3 Å². The monoisotopic (exact) mass is 896 g/mol. The standard InChI is InChI=1S/C34H42O14.C15H10O2/c1-15(2)5-10-19-21(46-34-30(42)29(41)26(38)22(13-35)47-34)12-11-20-25(37)33(44-14-23-27(39)28(40)24(36)16(3)45-23)31(48-32(19)20)17-6-8-18(43-4)9-7-17;16-13-10-15(11-6-2-1-3-7-11)17-14-9-5-4-8-12(13)14/h5-9,11-12,16,22-24,26-30,34-36,38-42H,10,13-14H2,1-4H3;1-10H/t16-,22+,23-,24-,26+,27-,28+,29-,30+,34+;/m0./s1. The van der Waals surface area contributed by atoms with Gasteiger partial charge in [0.15, 0.2) is 11.2 Å². The molecule has 0 spiro atoms. The smallest absolute Gasteiger partial charge is 0.235 e. The predicted octanol–water partition coefficient (Wildman–Crippen LogP) is 3.86. The number of para-hydroxylation sites is 1. The third-order valence-corrected chi connectivity index (χ3v) is 11.3. The average molecular weight is 897 g/mol. The summed E-state index contributed by atoms with van der Waals surface area (Å²) >= 11 is 0. The highest BCUT2D eigenvalue weighted by atomic mass is 16.7. The number of fused-ring (bicyclic) bond motifs is 2. The highest BCUT2D eigenvalue weighted by molar-refractivity contribution is 5.86. The molecule has 0 saturated carbocycles. The van der Waals surface area contributed by atoms with Crippen LogP contribution in [0.1, 0.15) is 26.3 Å². The fraction of sp³-hybridized carbons (Fsp3) is 0.347. The Labute approximate surface area is 372 Å². The number of aliphatic hydroxyl groups excluding tert-OH is 7. The van der Waals surface area contributed by atoms with Crippen molar-refractivity contribution < 1.29 is 68.3 Å². The number of rotatable bonds is 11. The molecule has 7 N–H and O–H groups in total. The molecule has 8 rings (SSSR count). The summed E-state index contributed by atoms with van der Waals surface area (Å²) in [6.07, 6.45) is -11.7. The highest BCUT2D eigenvalue weighted by Crippen LogP contribution is 2.38. The van der Waals surface area contributed by atoms with Crippen LogP contribution in [0.2, 0.25) is 0 Å². The van der Waals surface area contributed by atoms with Gasteiger partial charge in [-0.3, -0.25) is 9.59 Å². The van der Waals surface area contributed by atoms with E-state index in [1.807, 2.05) is 68.5 Å². The Morgan fingerprint density at radius 1 is 0.708 bits per heavy atom. The van der Waals surface area contributed by atoms with Crippen molar-refractivity contribution in [2.24, 2.45) is 0 Å². The SMILES string of the molecule is COc1ccc(-c2oc3c(CC=C(C)C)c(O[C@@H]4O[C@H](CO)[C@@H](O)[C@H](O)[C@H]4O)ccc3c(=O)c2OC[C@@H]2O[C@@H](C)[C@H](O)[C@@H](O)[C@H]2O)cc1.O=c1cc(-c2ccccc2)oc2ccccc12. The van der Waals surface area contributed by atoms with Crippen LogP contribution in [0.25, 0.3) is 44.6 Å². The summed E-state index contributed by atoms with van der Waals surface area (Å²) in [5.74, 6) is 1.12. The van der Waals surface area contributed by atoms with E-state index >= 15 is 0 Å². The van der Waals surface area contributed by atoms with Gasteiger partial charge in [-0.25, -0.2) is 0 Å². The van der Waals surface area contributed by atoms with Crippen molar-refractivity contribution in [3.05, 3.63) is 135 Å². The molecule has 10 atom stereocenters. The topological polar surface area (TPSA) is 248 Å². The van der Waals surface area contributed by atoms with Crippen molar-refractivity contribution >= 4 is 21.9 Å². The van der Waals surface area contributed by atoms with Crippen LogP contribution in [-0.2, 0) is 15.9 Å². The summed E-state index contributed by atoms with van der Waals surface area (Å²) in [6.45, 7) is 4.30. The predicted molar refractivity (Wildman–Crippen MR) is 238 cm³/mol. The first kappa shape index (κ1) is 47.1. The summed E-state index contributed by atoms with van der Waals surface area (Å²) < 4.78 is 40.7. The van der Waals surface area contributed by atoms with Gasteiger partial charge in [0.2, 0.25) is 17.5 Å². The lowest BCUT2D eigenvalue weighted by Gasteiger charge is -2.39. The Hall–Kier alpha value is -5.92. The minimum atomic E-state index is -1.67. The third-order valence-electron chi connectivity index (χ3n) is 11.3. The number of methoxy groups -OCH3 is 1. The van der Waals surface area contributed by atoms with Gasteiger partial charge in [0.05, 0.1) is 30.6 Å². The van der Waals surface area contributed by atoms with Gasteiger partial charge < -0.3 is 68.3 Å². The summed E-state index contributed by atoms with van der Waals surface area (Å²) in [5.41, 5.74) is 2.85. The first-order valence-electron chi connectivity index (χ1n) is 21.0. The molecule has 6 aromatic rings. The Morgan fingerprint density at radius 3 is 2.08 bits per heavy atom. The molecule has 2 aromatic heterocycles. The number of hydrogen-bond donors (Lipinski definition) is 7. The van der Waals surface area contributed by atoms with E-state index in [9.17, 15) is 45.3 Å². The van der Waals surface area contributed by atoms with Crippen LogP contribution in [-0.4, -0.2) is 117 Å². The van der Waals surface area contributed by atoms with Gasteiger partial charge in [-0.05, 0) is 75.7 Å². The lowest BCUT2D eigenvalue weighted by Crippen LogP contribution is -2.60. The minimum Gasteiger partial charge on any atom is -0.497 e. The van der Waals surface area contributed by atoms with Gasteiger partial charge in [0, 0.05) is 22.8 Å². The van der Waals surface area contributed by atoms with Crippen LogP contribution >= 0.6 is 0 Å². The van der Waals surface area contributed by atoms with Crippen LogP contribution in [0.15, 0.2) is 127 Å². The third kappa shape index (κ3) is 10.2. The summed E-state index contributed by atoms with van der Waals surface area (Å²) in [7, 11) is 1.51. The number of benzene rings is 4. The fourth-order valence-electron chi connectivity index (χ4n) is 7.53. The maximum Gasteiger partial charge on any atom is 0.235 e. The molecule has 2 saturated heterocycles. The largest absolute Gasteiger partial charge is 0.497 e. The van der Waals surface area contributed by atoms with Gasteiger partial charge in [0.1, 0.15) is 83.9 Å². The van der Waals surface area contributed by atoms with Crippen LogP contribution in [0.4, 0.5) is 0 Å². The van der Waals surface area contributed by atoms with E-state index in [4.69, 9.17) is 32.5 Å². The average Bonchev–Trinajstić information content (AvgIpc) is 3.32. The zero-order chi connectivity index (χ0) is 46.5. The zero-order valence-electron chi connectivity index (χ0n) is 36.0. The molecule has 0 aliphatic carbocycles. The maximum absolute atomic E-state index is 14.2. The van der Waals surface area contributed by atoms with Gasteiger partial charge in [-0.2, -0.15) is 0 Å². The first-order valence-corrected chi connectivity index (χ1v) is 21.0. The van der Waals surface area contributed by atoms with Gasteiger partial charge in [0.25, 0.3) is 0 Å². The highest BCUT2D eigenvalue weighted by Gasteiger charge is 2.45. The van der Waals surface area contributed by atoms with Crippen LogP contribution in [0.3, 0.4) is 0 Å². The summed E-state index contributed by atoms with van der Waals surface area (Å²) in [4.78, 5) is 26.1. The molecule has 4 aromatic carbocycles. The van der Waals surface area contributed by atoms with E-state index in [1.165, 1.54) is 32.2 Å². The summed E-state index contributed by atoms with van der Waals surface area (Å²) in [6, 6.07) is 28.0. The molecule has 2 aliphatic rings. The van der Waals surface area contributed by atoms with Gasteiger partial charge >= 0.3 is 0 Å². The van der Waals surface area contributed by atoms with Crippen molar-refractivity contribution in [1.82, 2.24) is 0 Å². The Morgan fingerprint density at radius 2 is 1.38 bits per heavy atom. The van der Waals surface area contributed by atoms with Gasteiger partial charge in [-0.15, -0.1) is 0 Å². The van der Waals surface area contributed by atoms with Crippen molar-refractivity contribution in [2.75, 3.05) is 20.3 Å². The Bertz CT molecular complexity index is 2710. The zero-order valence-corrected chi connectivity index (χ0v) is 36.0. The molecule has 0 amide bonds. The van der Waals surface area contributed by atoms with E-state index < -0.39 is 73.3 Å². The van der Waals surface area contributed by atoms with E-state index in [2.05, 4.69) is 0 Å². The minimum absolute atomic E-state index is 0.00861. The molecular formula is C49H52O16. The molecule has 2 fully saturated rings. The molecule has 0 unspecified atom stereocenters.